The van der Waals surface area contributed by atoms with Crippen molar-refractivity contribution in [2.75, 3.05) is 25.0 Å². The van der Waals surface area contributed by atoms with Gasteiger partial charge in [0.25, 0.3) is 0 Å². The highest BCUT2D eigenvalue weighted by Crippen LogP contribution is 2.31. The second kappa shape index (κ2) is 8.86. The van der Waals surface area contributed by atoms with Gasteiger partial charge in [-0.25, -0.2) is 0 Å². The maximum absolute atomic E-state index is 13.7. The molecule has 2 N–H and O–H groups in total. The number of H-pyrrole nitrogens is 1. The molecule has 1 saturated heterocycles. The molecule has 1 aliphatic rings. The van der Waals surface area contributed by atoms with Gasteiger partial charge in [-0.15, -0.1) is 0 Å². The van der Waals surface area contributed by atoms with E-state index in [1.165, 1.54) is 19.3 Å². The molecule has 5 aromatic rings. The Hall–Kier alpha value is -3.64. The van der Waals surface area contributed by atoms with Crippen LogP contribution in [-0.2, 0) is 0 Å². The number of likely N-dealkylation sites (tertiary alicyclic amines) is 1. The van der Waals surface area contributed by atoms with Crippen molar-refractivity contribution in [1.29, 1.82) is 0 Å². The number of aromatic nitrogens is 1. The minimum absolute atomic E-state index is 0.134. The Morgan fingerprint density at radius 2 is 1.71 bits per heavy atom. The van der Waals surface area contributed by atoms with Crippen molar-refractivity contribution in [3.05, 3.63) is 75.0 Å². The molecule has 0 spiro atoms. The summed E-state index contributed by atoms with van der Waals surface area (Å²) < 4.78 is 6.20. The van der Waals surface area contributed by atoms with E-state index in [4.69, 9.17) is 4.42 Å². The molecule has 1 atom stereocenters. The van der Waals surface area contributed by atoms with E-state index < -0.39 is 0 Å². The number of aromatic amines is 1. The number of para-hydroxylation sites is 2. The lowest BCUT2D eigenvalue weighted by Gasteiger charge is -2.33. The molecule has 0 bridgehead atoms. The van der Waals surface area contributed by atoms with E-state index in [1.54, 1.807) is 24.3 Å². The molecular formula is C29H29N3O3. The van der Waals surface area contributed by atoms with Gasteiger partial charge < -0.3 is 19.6 Å². The van der Waals surface area contributed by atoms with Crippen molar-refractivity contribution < 1.29 is 4.42 Å². The van der Waals surface area contributed by atoms with E-state index in [-0.39, 0.29) is 10.9 Å². The first-order chi connectivity index (χ1) is 17.1. The molecule has 1 unspecified atom stereocenters. The summed E-state index contributed by atoms with van der Waals surface area (Å²) in [6, 6.07) is 17.2. The van der Waals surface area contributed by atoms with Crippen LogP contribution in [0.2, 0.25) is 0 Å². The highest BCUT2D eigenvalue weighted by molar-refractivity contribution is 6.14. The molecule has 178 valence electrons. The average molecular weight is 468 g/mol. The Labute approximate surface area is 202 Å². The number of nitrogens with zero attached hydrogens (tertiary/aromatic N) is 1. The molecule has 0 saturated carbocycles. The fourth-order valence-electron chi connectivity index (χ4n) is 5.52. The molecule has 1 aromatic heterocycles. The highest BCUT2D eigenvalue weighted by atomic mass is 16.3. The van der Waals surface area contributed by atoms with Crippen LogP contribution in [0.5, 0.6) is 0 Å². The summed E-state index contributed by atoms with van der Waals surface area (Å²) >= 11 is 0. The Morgan fingerprint density at radius 3 is 2.51 bits per heavy atom. The summed E-state index contributed by atoms with van der Waals surface area (Å²) in [6.07, 6.45) is 4.79. The number of fused-ring (bicyclic) bond motifs is 5. The van der Waals surface area contributed by atoms with Crippen molar-refractivity contribution in [3.63, 3.8) is 0 Å². The first kappa shape index (κ1) is 21.9. The number of piperidine rings is 1. The van der Waals surface area contributed by atoms with Crippen molar-refractivity contribution >= 4 is 49.4 Å². The van der Waals surface area contributed by atoms with Crippen LogP contribution in [0, 0.1) is 0 Å². The minimum Gasteiger partial charge on any atom is -0.453 e. The molecule has 1 aliphatic heterocycles. The summed E-state index contributed by atoms with van der Waals surface area (Å²) in [5.41, 5.74) is 2.94. The van der Waals surface area contributed by atoms with Crippen LogP contribution in [0.1, 0.15) is 32.6 Å². The second-order valence-corrected chi connectivity index (χ2v) is 9.64. The third-order valence-electron chi connectivity index (χ3n) is 7.41. The predicted molar refractivity (Wildman–Crippen MR) is 144 cm³/mol. The zero-order chi connectivity index (χ0) is 23.9. The largest absolute Gasteiger partial charge is 0.453 e. The summed E-state index contributed by atoms with van der Waals surface area (Å²) in [4.78, 5) is 33.2. The molecule has 0 radical (unpaired) electrons. The van der Waals surface area contributed by atoms with E-state index in [2.05, 4.69) is 22.1 Å². The van der Waals surface area contributed by atoms with E-state index >= 15 is 0 Å². The molecule has 0 aliphatic carbocycles. The Bertz CT molecular complexity index is 1680. The molecule has 2 heterocycles. The molecule has 6 heteroatoms. The lowest BCUT2D eigenvalue weighted by Crippen LogP contribution is -2.38. The van der Waals surface area contributed by atoms with Crippen molar-refractivity contribution in [3.8, 4) is 0 Å². The fourth-order valence-corrected chi connectivity index (χ4v) is 5.52. The summed E-state index contributed by atoms with van der Waals surface area (Å²) in [6.45, 7) is 5.18. The van der Waals surface area contributed by atoms with E-state index in [0.717, 1.165) is 25.0 Å². The van der Waals surface area contributed by atoms with Crippen molar-refractivity contribution in [2.24, 2.45) is 0 Å². The number of benzene rings is 4. The number of hydrogen-bond donors (Lipinski definition) is 2. The molecular weight excluding hydrogens is 438 g/mol. The number of nitrogens with one attached hydrogen (secondary N) is 2. The number of rotatable bonds is 5. The van der Waals surface area contributed by atoms with Gasteiger partial charge in [0, 0.05) is 41.7 Å². The maximum Gasteiger partial charge on any atom is 0.196 e. The lowest BCUT2D eigenvalue weighted by atomic mass is 9.99. The zero-order valence-electron chi connectivity index (χ0n) is 19.9. The monoisotopic (exact) mass is 467 g/mol. The Kier molecular flexibility index (Phi) is 5.53. The topological polar surface area (TPSA) is 78.3 Å². The summed E-state index contributed by atoms with van der Waals surface area (Å²) in [5.74, 6) is 0. The Balaban J connectivity index is 1.49. The van der Waals surface area contributed by atoms with Crippen molar-refractivity contribution in [2.45, 2.75) is 38.6 Å². The Morgan fingerprint density at radius 1 is 0.971 bits per heavy atom. The van der Waals surface area contributed by atoms with Gasteiger partial charge in [-0.1, -0.05) is 42.8 Å². The quantitative estimate of drug-likeness (QED) is 0.199. The predicted octanol–water partition coefficient (Wildman–Crippen LogP) is 5.62. The molecule has 6 nitrogen and oxygen atoms in total. The standard InChI is InChI=1S/C29H29N3O3/c1-18-9-6-7-15-32(18)16-8-14-30-22-17-24-27(31-21-12-4-5-13-23(21)35-24)26-25(22)28(33)19-10-2-3-11-20(19)29(26)34/h2-5,10-13,17-18,30-31H,6-9,14-16H2,1H3. The van der Waals surface area contributed by atoms with Gasteiger partial charge in [0.05, 0.1) is 21.8 Å². The van der Waals surface area contributed by atoms with Crippen LogP contribution in [0.4, 0.5) is 5.69 Å². The smallest absolute Gasteiger partial charge is 0.196 e. The lowest BCUT2D eigenvalue weighted by molar-refractivity contribution is 0.160. The number of hydrogen-bond acceptors (Lipinski definition) is 5. The molecule has 0 amide bonds. The average Bonchev–Trinajstić information content (AvgIpc) is 2.89. The minimum atomic E-state index is -0.160. The van der Waals surface area contributed by atoms with Gasteiger partial charge >= 0.3 is 0 Å². The molecule has 6 rings (SSSR count). The summed E-state index contributed by atoms with van der Waals surface area (Å²) in [5, 5.41) is 5.17. The third-order valence-corrected chi connectivity index (χ3v) is 7.41. The fraction of sp³-hybridized carbons (Fsp3) is 0.310. The first-order valence-electron chi connectivity index (χ1n) is 12.5. The van der Waals surface area contributed by atoms with Gasteiger partial charge in [0.15, 0.2) is 22.0 Å². The van der Waals surface area contributed by atoms with Gasteiger partial charge in [0.2, 0.25) is 0 Å². The van der Waals surface area contributed by atoms with Crippen molar-refractivity contribution in [1.82, 2.24) is 9.88 Å². The van der Waals surface area contributed by atoms with Gasteiger partial charge in [-0.05, 0) is 44.9 Å². The van der Waals surface area contributed by atoms with Crippen LogP contribution in [0.25, 0.3) is 43.7 Å². The van der Waals surface area contributed by atoms with Crippen LogP contribution in [0.3, 0.4) is 0 Å². The van der Waals surface area contributed by atoms with Gasteiger partial charge in [-0.3, -0.25) is 9.59 Å². The highest BCUT2D eigenvalue weighted by Gasteiger charge is 2.20. The molecule has 1 fully saturated rings. The number of anilines is 1. The van der Waals surface area contributed by atoms with E-state index in [0.29, 0.717) is 56.5 Å². The summed E-state index contributed by atoms with van der Waals surface area (Å²) in [7, 11) is 0. The van der Waals surface area contributed by atoms with Crippen LogP contribution >= 0.6 is 0 Å². The second-order valence-electron chi connectivity index (χ2n) is 9.64. The van der Waals surface area contributed by atoms with Crippen LogP contribution in [0.15, 0.2) is 68.6 Å². The molecule has 35 heavy (non-hydrogen) atoms. The van der Waals surface area contributed by atoms with E-state index in [1.807, 2.05) is 30.3 Å². The van der Waals surface area contributed by atoms with Crippen LogP contribution in [-0.4, -0.2) is 35.6 Å². The first-order valence-corrected chi connectivity index (χ1v) is 12.5. The van der Waals surface area contributed by atoms with Gasteiger partial charge in [0.1, 0.15) is 0 Å². The zero-order valence-corrected chi connectivity index (χ0v) is 19.9. The SMILES string of the molecule is CC1CCCCN1CCCNc1cc2oc3ccccc3[nH]c2c2c(=O)c3ccccc3c(=O)c12. The normalized spacial score (nSPS) is 17.0. The van der Waals surface area contributed by atoms with Gasteiger partial charge in [-0.2, -0.15) is 0 Å². The third kappa shape index (κ3) is 3.78. The maximum atomic E-state index is 13.7. The van der Waals surface area contributed by atoms with E-state index in [9.17, 15) is 9.59 Å². The molecule has 4 aromatic carbocycles. The van der Waals surface area contributed by atoms with Crippen LogP contribution < -0.4 is 16.2 Å².